The Bertz CT molecular complexity index is 595. The molecular formula is C12H17N3O4S. The summed E-state index contributed by atoms with van der Waals surface area (Å²) in [5.74, 6) is 0.0226. The van der Waals surface area contributed by atoms with Gasteiger partial charge in [0.1, 0.15) is 0 Å². The van der Waals surface area contributed by atoms with E-state index in [1.54, 1.807) is 4.68 Å². The number of amides is 1. The van der Waals surface area contributed by atoms with Gasteiger partial charge in [-0.15, -0.1) is 0 Å². The number of aromatic nitrogens is 2. The van der Waals surface area contributed by atoms with E-state index in [1.807, 2.05) is 0 Å². The van der Waals surface area contributed by atoms with Crippen molar-refractivity contribution in [3.8, 4) is 5.88 Å². The van der Waals surface area contributed by atoms with E-state index in [0.29, 0.717) is 19.0 Å². The first-order valence-electron chi connectivity index (χ1n) is 6.79. The fraction of sp³-hybridized carbons (Fsp3) is 0.667. The van der Waals surface area contributed by atoms with Crippen LogP contribution in [0.25, 0.3) is 0 Å². The lowest BCUT2D eigenvalue weighted by Crippen LogP contribution is -2.36. The fourth-order valence-electron chi connectivity index (χ4n) is 2.38. The maximum atomic E-state index is 11.9. The van der Waals surface area contributed by atoms with Crippen molar-refractivity contribution in [3.63, 3.8) is 0 Å². The summed E-state index contributed by atoms with van der Waals surface area (Å²) >= 11 is 0. The maximum absolute atomic E-state index is 11.9. The van der Waals surface area contributed by atoms with Crippen molar-refractivity contribution in [2.45, 2.75) is 32.2 Å². The van der Waals surface area contributed by atoms with Gasteiger partial charge in [-0.05, 0) is 18.8 Å². The Balaban J connectivity index is 1.67. The van der Waals surface area contributed by atoms with Crippen molar-refractivity contribution in [2.24, 2.45) is 5.92 Å². The summed E-state index contributed by atoms with van der Waals surface area (Å²) in [6.45, 7) is 1.27. The first-order chi connectivity index (χ1) is 9.53. The topological polar surface area (TPSA) is 90.3 Å². The van der Waals surface area contributed by atoms with E-state index >= 15 is 0 Å². The molecule has 0 radical (unpaired) electrons. The molecule has 1 aromatic heterocycles. The molecule has 7 nitrogen and oxygen atoms in total. The van der Waals surface area contributed by atoms with Crippen LogP contribution in [0.15, 0.2) is 6.07 Å². The molecule has 1 saturated carbocycles. The van der Waals surface area contributed by atoms with Crippen molar-refractivity contribution in [2.75, 3.05) is 12.4 Å². The Morgan fingerprint density at radius 3 is 2.90 bits per heavy atom. The Morgan fingerprint density at radius 1 is 1.45 bits per heavy atom. The minimum atomic E-state index is -3.58. The Morgan fingerprint density at radius 2 is 2.25 bits per heavy atom. The number of ether oxygens (including phenoxy) is 1. The molecule has 3 rings (SSSR count). The minimum absolute atomic E-state index is 0.0167. The second kappa shape index (κ2) is 5.08. The fourth-order valence-corrected chi connectivity index (χ4v) is 3.81. The van der Waals surface area contributed by atoms with Gasteiger partial charge < -0.3 is 4.74 Å². The van der Waals surface area contributed by atoms with Gasteiger partial charge in [0.05, 0.1) is 12.4 Å². The predicted molar refractivity (Wildman–Crippen MR) is 70.9 cm³/mol. The lowest BCUT2D eigenvalue weighted by Gasteiger charge is -2.24. The van der Waals surface area contributed by atoms with E-state index < -0.39 is 15.9 Å². The second-order valence-electron chi connectivity index (χ2n) is 5.30. The monoisotopic (exact) mass is 299 g/mol. The largest absolute Gasteiger partial charge is 0.478 e. The molecule has 1 aromatic rings. The summed E-state index contributed by atoms with van der Waals surface area (Å²) in [7, 11) is -3.58. The summed E-state index contributed by atoms with van der Waals surface area (Å²) in [4.78, 5) is 11.9. The number of nitrogens with one attached hydrogen (secondary N) is 1. The summed E-state index contributed by atoms with van der Waals surface area (Å²) in [6.07, 6.45) is 3.73. The highest BCUT2D eigenvalue weighted by Crippen LogP contribution is 2.27. The van der Waals surface area contributed by atoms with Crippen LogP contribution in [0.1, 0.15) is 36.2 Å². The summed E-state index contributed by atoms with van der Waals surface area (Å²) in [5.41, 5.74) is 0.0825. The molecule has 1 aliphatic heterocycles. The Kier molecular flexibility index (Phi) is 3.41. The Labute approximate surface area is 117 Å². The van der Waals surface area contributed by atoms with Gasteiger partial charge in [0.25, 0.3) is 5.91 Å². The molecule has 20 heavy (non-hydrogen) atoms. The third-order valence-electron chi connectivity index (χ3n) is 3.67. The van der Waals surface area contributed by atoms with Gasteiger partial charge in [-0.1, -0.05) is 6.42 Å². The quantitative estimate of drug-likeness (QED) is 0.875. The number of hydrogen-bond donors (Lipinski definition) is 1. The second-order valence-corrected chi connectivity index (χ2v) is 7.07. The van der Waals surface area contributed by atoms with E-state index in [9.17, 15) is 13.2 Å². The van der Waals surface area contributed by atoms with E-state index in [4.69, 9.17) is 4.74 Å². The van der Waals surface area contributed by atoms with E-state index in [2.05, 4.69) is 9.82 Å². The lowest BCUT2D eigenvalue weighted by atomic mass is 9.87. The van der Waals surface area contributed by atoms with Crippen LogP contribution in [-0.2, 0) is 16.6 Å². The van der Waals surface area contributed by atoms with E-state index in [0.717, 1.165) is 25.7 Å². The van der Waals surface area contributed by atoms with Crippen LogP contribution >= 0.6 is 0 Å². The average Bonchev–Trinajstić information content (AvgIpc) is 2.77. The zero-order valence-electron chi connectivity index (χ0n) is 11.0. The van der Waals surface area contributed by atoms with E-state index in [-0.39, 0.29) is 17.4 Å². The third kappa shape index (κ3) is 2.79. The summed E-state index contributed by atoms with van der Waals surface area (Å²) in [6, 6.07) is 1.48. The van der Waals surface area contributed by atoms with Crippen LogP contribution in [0.4, 0.5) is 0 Å². The molecule has 1 amide bonds. The van der Waals surface area contributed by atoms with Crippen molar-refractivity contribution >= 4 is 15.9 Å². The normalized spacial score (nSPS) is 18.8. The van der Waals surface area contributed by atoms with Gasteiger partial charge in [0.2, 0.25) is 15.9 Å². The molecule has 1 fully saturated rings. The zero-order valence-corrected chi connectivity index (χ0v) is 11.9. The van der Waals surface area contributed by atoms with Crippen LogP contribution in [0.5, 0.6) is 5.88 Å². The zero-order chi connectivity index (χ0) is 14.2. The number of aryl methyl sites for hydroxylation is 1. The van der Waals surface area contributed by atoms with Gasteiger partial charge in [-0.25, -0.2) is 17.8 Å². The Hall–Kier alpha value is -1.57. The number of sulfonamides is 1. The van der Waals surface area contributed by atoms with Gasteiger partial charge in [-0.2, -0.15) is 5.10 Å². The van der Waals surface area contributed by atoms with Gasteiger partial charge in [0, 0.05) is 19.0 Å². The van der Waals surface area contributed by atoms with Crippen LogP contribution in [-0.4, -0.2) is 36.5 Å². The maximum Gasteiger partial charge on any atom is 0.285 e. The van der Waals surface area contributed by atoms with Crippen molar-refractivity contribution < 1.29 is 17.9 Å². The molecule has 1 aliphatic carbocycles. The summed E-state index contributed by atoms with van der Waals surface area (Å²) < 4.78 is 32.7. The minimum Gasteiger partial charge on any atom is -0.478 e. The summed E-state index contributed by atoms with van der Waals surface area (Å²) in [5, 5.41) is 4.06. The number of rotatable bonds is 4. The smallest absolute Gasteiger partial charge is 0.285 e. The molecule has 0 saturated heterocycles. The predicted octanol–water partition coefficient (Wildman–Crippen LogP) is 0.525. The molecule has 0 unspecified atom stereocenters. The number of carbonyl (C=O) groups excluding carboxylic acids is 1. The highest BCUT2D eigenvalue weighted by Gasteiger charge is 2.27. The van der Waals surface area contributed by atoms with Gasteiger partial charge in [-0.3, -0.25) is 4.79 Å². The first kappa shape index (κ1) is 13.4. The van der Waals surface area contributed by atoms with Crippen LogP contribution in [0.3, 0.4) is 0 Å². The molecular weight excluding hydrogens is 282 g/mol. The van der Waals surface area contributed by atoms with Gasteiger partial charge >= 0.3 is 0 Å². The number of fused-ring (bicyclic) bond motifs is 1. The molecule has 1 N–H and O–H groups in total. The van der Waals surface area contributed by atoms with E-state index in [1.165, 1.54) is 6.07 Å². The number of carbonyl (C=O) groups is 1. The molecule has 8 heteroatoms. The van der Waals surface area contributed by atoms with Crippen molar-refractivity contribution in [1.29, 1.82) is 0 Å². The molecule has 2 heterocycles. The SMILES string of the molecule is O=C(NS(=O)(=O)CC1CCC1)c1cc2n(n1)CCCO2. The van der Waals surface area contributed by atoms with Crippen LogP contribution < -0.4 is 9.46 Å². The molecule has 0 aromatic carbocycles. The van der Waals surface area contributed by atoms with Crippen molar-refractivity contribution in [3.05, 3.63) is 11.8 Å². The first-order valence-corrected chi connectivity index (χ1v) is 8.44. The molecule has 2 aliphatic rings. The molecule has 0 atom stereocenters. The van der Waals surface area contributed by atoms with Crippen LogP contribution in [0, 0.1) is 5.92 Å². The van der Waals surface area contributed by atoms with Crippen molar-refractivity contribution in [1.82, 2.24) is 14.5 Å². The standard InChI is InChI=1S/C12H17N3O4S/c16-12(14-20(17,18)8-9-3-1-4-9)10-7-11-15(13-10)5-2-6-19-11/h7,9H,1-6,8H2,(H,14,16). The molecule has 0 spiro atoms. The average molecular weight is 299 g/mol. The molecule has 0 bridgehead atoms. The van der Waals surface area contributed by atoms with Crippen LogP contribution in [0.2, 0.25) is 0 Å². The third-order valence-corrected chi connectivity index (χ3v) is 5.07. The number of hydrogen-bond acceptors (Lipinski definition) is 5. The highest BCUT2D eigenvalue weighted by atomic mass is 32.2. The molecule has 110 valence electrons. The lowest BCUT2D eigenvalue weighted by molar-refractivity contribution is 0.0975. The highest BCUT2D eigenvalue weighted by molar-refractivity contribution is 7.90. The van der Waals surface area contributed by atoms with Gasteiger partial charge in [0.15, 0.2) is 5.69 Å². The number of nitrogens with zero attached hydrogens (tertiary/aromatic N) is 2.